The molecule has 2 aromatic heterocycles. The SMILES string of the molecule is CNC(=O)c1ccc(OCCN2CCC(c3nc4ccccc4c(=O)[nH]3)C2)cn1. The Morgan fingerprint density at radius 1 is 1.31 bits per heavy atom. The molecule has 1 aliphatic heterocycles. The summed E-state index contributed by atoms with van der Waals surface area (Å²) in [6, 6.07) is 10.8. The van der Waals surface area contributed by atoms with Crippen LogP contribution in [0.1, 0.15) is 28.7 Å². The summed E-state index contributed by atoms with van der Waals surface area (Å²) >= 11 is 0. The van der Waals surface area contributed by atoms with Crippen LogP contribution < -0.4 is 15.6 Å². The molecule has 1 aromatic carbocycles. The molecular formula is C21H23N5O3. The number of carbonyl (C=O) groups excluding carboxylic acids is 1. The van der Waals surface area contributed by atoms with Crippen LogP contribution in [-0.4, -0.2) is 59.0 Å². The first-order valence-corrected chi connectivity index (χ1v) is 9.66. The number of rotatable bonds is 6. The fourth-order valence-corrected chi connectivity index (χ4v) is 3.58. The van der Waals surface area contributed by atoms with Gasteiger partial charge in [0.15, 0.2) is 0 Å². The lowest BCUT2D eigenvalue weighted by Gasteiger charge is -2.16. The molecule has 1 fully saturated rings. The van der Waals surface area contributed by atoms with E-state index in [-0.39, 0.29) is 17.4 Å². The quantitative estimate of drug-likeness (QED) is 0.659. The van der Waals surface area contributed by atoms with Crippen LogP contribution >= 0.6 is 0 Å². The number of aromatic amines is 1. The van der Waals surface area contributed by atoms with Crippen LogP contribution in [0.4, 0.5) is 0 Å². The van der Waals surface area contributed by atoms with Crippen molar-refractivity contribution in [3.8, 4) is 5.75 Å². The van der Waals surface area contributed by atoms with Crippen molar-refractivity contribution in [2.24, 2.45) is 0 Å². The highest BCUT2D eigenvalue weighted by molar-refractivity contribution is 5.91. The van der Waals surface area contributed by atoms with E-state index >= 15 is 0 Å². The van der Waals surface area contributed by atoms with Crippen molar-refractivity contribution in [2.75, 3.05) is 33.3 Å². The van der Waals surface area contributed by atoms with E-state index in [4.69, 9.17) is 4.74 Å². The van der Waals surface area contributed by atoms with Crippen LogP contribution in [0.3, 0.4) is 0 Å². The van der Waals surface area contributed by atoms with Crippen LogP contribution in [0, 0.1) is 0 Å². The number of benzene rings is 1. The number of aromatic nitrogens is 3. The van der Waals surface area contributed by atoms with Gasteiger partial charge >= 0.3 is 0 Å². The summed E-state index contributed by atoms with van der Waals surface area (Å²) in [4.78, 5) is 37.8. The first-order chi connectivity index (χ1) is 14.1. The molecule has 1 amide bonds. The minimum absolute atomic E-state index is 0.0833. The zero-order valence-corrected chi connectivity index (χ0v) is 16.2. The van der Waals surface area contributed by atoms with E-state index in [1.807, 2.05) is 18.2 Å². The summed E-state index contributed by atoms with van der Waals surface area (Å²) in [6.45, 7) is 3.05. The summed E-state index contributed by atoms with van der Waals surface area (Å²) in [5.41, 5.74) is 1.01. The number of nitrogens with zero attached hydrogens (tertiary/aromatic N) is 3. The third-order valence-corrected chi connectivity index (χ3v) is 5.16. The fraction of sp³-hybridized carbons (Fsp3) is 0.333. The smallest absolute Gasteiger partial charge is 0.269 e. The number of ether oxygens (including phenoxy) is 1. The Balaban J connectivity index is 1.31. The van der Waals surface area contributed by atoms with Crippen LogP contribution in [0.25, 0.3) is 10.9 Å². The van der Waals surface area contributed by atoms with Gasteiger partial charge in [0.1, 0.15) is 23.9 Å². The molecular weight excluding hydrogens is 370 g/mol. The van der Waals surface area contributed by atoms with Gasteiger partial charge in [0.2, 0.25) is 0 Å². The third-order valence-electron chi connectivity index (χ3n) is 5.16. The Morgan fingerprint density at radius 3 is 2.97 bits per heavy atom. The van der Waals surface area contributed by atoms with E-state index in [2.05, 4.69) is 25.2 Å². The maximum absolute atomic E-state index is 12.3. The van der Waals surface area contributed by atoms with Crippen molar-refractivity contribution < 1.29 is 9.53 Å². The van der Waals surface area contributed by atoms with Gasteiger partial charge in [-0.1, -0.05) is 12.1 Å². The lowest BCUT2D eigenvalue weighted by Crippen LogP contribution is -2.26. The molecule has 29 heavy (non-hydrogen) atoms. The molecule has 150 valence electrons. The van der Waals surface area contributed by atoms with E-state index in [0.29, 0.717) is 23.4 Å². The number of hydrogen-bond donors (Lipinski definition) is 2. The molecule has 3 aromatic rings. The number of carbonyl (C=O) groups is 1. The lowest BCUT2D eigenvalue weighted by molar-refractivity contribution is 0.0958. The zero-order valence-electron chi connectivity index (χ0n) is 16.2. The van der Waals surface area contributed by atoms with Gasteiger partial charge in [0.05, 0.1) is 17.1 Å². The van der Waals surface area contributed by atoms with E-state index in [1.54, 1.807) is 31.4 Å². The number of para-hydroxylation sites is 1. The highest BCUT2D eigenvalue weighted by Crippen LogP contribution is 2.24. The Kier molecular flexibility index (Phi) is 5.53. The molecule has 1 atom stereocenters. The van der Waals surface area contributed by atoms with E-state index in [1.165, 1.54) is 0 Å². The molecule has 0 aliphatic carbocycles. The number of nitrogens with one attached hydrogen (secondary N) is 2. The van der Waals surface area contributed by atoms with E-state index in [9.17, 15) is 9.59 Å². The minimum atomic E-state index is -0.222. The fourth-order valence-electron chi connectivity index (χ4n) is 3.58. The van der Waals surface area contributed by atoms with Crippen LogP contribution in [0.15, 0.2) is 47.4 Å². The first-order valence-electron chi connectivity index (χ1n) is 9.66. The molecule has 1 aliphatic rings. The maximum Gasteiger partial charge on any atom is 0.269 e. The molecule has 1 saturated heterocycles. The topological polar surface area (TPSA) is 100 Å². The van der Waals surface area contributed by atoms with Crippen molar-refractivity contribution in [3.63, 3.8) is 0 Å². The van der Waals surface area contributed by atoms with Crippen LogP contribution in [0.5, 0.6) is 5.75 Å². The molecule has 0 spiro atoms. The van der Waals surface area contributed by atoms with Gasteiger partial charge in [-0.25, -0.2) is 9.97 Å². The number of hydrogen-bond acceptors (Lipinski definition) is 6. The molecule has 1 unspecified atom stereocenters. The van der Waals surface area contributed by atoms with Gasteiger partial charge in [-0.2, -0.15) is 0 Å². The van der Waals surface area contributed by atoms with Gasteiger partial charge in [0, 0.05) is 26.1 Å². The molecule has 4 rings (SSSR count). The first kappa shape index (κ1) is 19.1. The summed E-state index contributed by atoms with van der Waals surface area (Å²) in [7, 11) is 1.57. The van der Waals surface area contributed by atoms with Gasteiger partial charge in [-0.15, -0.1) is 0 Å². The number of likely N-dealkylation sites (tertiary alicyclic amines) is 1. The van der Waals surface area contributed by atoms with Gasteiger partial charge in [-0.05, 0) is 37.2 Å². The van der Waals surface area contributed by atoms with Crippen LogP contribution in [0.2, 0.25) is 0 Å². The zero-order chi connectivity index (χ0) is 20.2. The highest BCUT2D eigenvalue weighted by atomic mass is 16.5. The second-order valence-electron chi connectivity index (χ2n) is 7.06. The predicted octanol–water partition coefficient (Wildman–Crippen LogP) is 1.55. The van der Waals surface area contributed by atoms with Crippen molar-refractivity contribution in [3.05, 3.63) is 64.5 Å². The Hall–Kier alpha value is -3.26. The Bertz CT molecular complexity index is 1060. The third kappa shape index (κ3) is 4.27. The average Bonchev–Trinajstić information content (AvgIpc) is 3.23. The molecule has 0 bridgehead atoms. The summed E-state index contributed by atoms with van der Waals surface area (Å²) in [5, 5.41) is 3.16. The second kappa shape index (κ2) is 8.40. The largest absolute Gasteiger partial charge is 0.491 e. The standard InChI is InChI=1S/C21H23N5O3/c1-22-21(28)18-7-6-15(12-23-18)29-11-10-26-9-8-14(13-26)19-24-17-5-3-2-4-16(17)20(27)25-19/h2-7,12,14H,8-11,13H2,1H3,(H,22,28)(H,24,25,27). The van der Waals surface area contributed by atoms with E-state index in [0.717, 1.165) is 37.4 Å². The monoisotopic (exact) mass is 393 g/mol. The molecule has 2 N–H and O–H groups in total. The summed E-state index contributed by atoms with van der Waals surface area (Å²) < 4.78 is 5.74. The number of pyridine rings is 1. The van der Waals surface area contributed by atoms with Gasteiger partial charge in [-0.3, -0.25) is 14.5 Å². The number of amides is 1. The predicted molar refractivity (Wildman–Crippen MR) is 109 cm³/mol. The second-order valence-corrected chi connectivity index (χ2v) is 7.06. The van der Waals surface area contributed by atoms with Crippen molar-refractivity contribution in [1.29, 1.82) is 0 Å². The summed E-state index contributed by atoms with van der Waals surface area (Å²) in [6.07, 6.45) is 2.50. The normalized spacial score (nSPS) is 16.8. The van der Waals surface area contributed by atoms with Crippen molar-refractivity contribution in [2.45, 2.75) is 12.3 Å². The van der Waals surface area contributed by atoms with Crippen molar-refractivity contribution >= 4 is 16.8 Å². The van der Waals surface area contributed by atoms with Crippen LogP contribution in [-0.2, 0) is 0 Å². The molecule has 3 heterocycles. The van der Waals surface area contributed by atoms with Gasteiger partial charge < -0.3 is 15.0 Å². The summed E-state index contributed by atoms with van der Waals surface area (Å²) in [5.74, 6) is 1.38. The van der Waals surface area contributed by atoms with Gasteiger partial charge in [0.25, 0.3) is 11.5 Å². The maximum atomic E-state index is 12.3. The average molecular weight is 393 g/mol. The van der Waals surface area contributed by atoms with Crippen molar-refractivity contribution in [1.82, 2.24) is 25.2 Å². The molecule has 8 heteroatoms. The minimum Gasteiger partial charge on any atom is -0.491 e. The lowest BCUT2D eigenvalue weighted by atomic mass is 10.1. The molecule has 0 radical (unpaired) electrons. The number of fused-ring (bicyclic) bond motifs is 1. The number of H-pyrrole nitrogens is 1. The molecule has 0 saturated carbocycles. The molecule has 8 nitrogen and oxygen atoms in total. The Morgan fingerprint density at radius 2 is 2.17 bits per heavy atom. The Labute approximate surface area is 167 Å². The van der Waals surface area contributed by atoms with E-state index < -0.39 is 0 Å². The highest BCUT2D eigenvalue weighted by Gasteiger charge is 2.26.